The molecule has 1 heterocycles. The number of fused-ring (bicyclic) bond motifs is 5. The minimum Gasteiger partial charge on any atom is -0.228 e. The second kappa shape index (κ2) is 13.2. The molecule has 1 aliphatic carbocycles. The second-order valence-corrected chi connectivity index (χ2v) is 15.0. The highest BCUT2D eigenvalue weighted by molar-refractivity contribution is 6.03. The Morgan fingerprint density at radius 3 is 1.35 bits per heavy atom. The van der Waals surface area contributed by atoms with Gasteiger partial charge in [-0.3, -0.25) is 0 Å². The lowest BCUT2D eigenvalue weighted by molar-refractivity contribution is 0.658. The monoisotopic (exact) mass is 702 g/mol. The van der Waals surface area contributed by atoms with Gasteiger partial charge in [0.1, 0.15) is 0 Å². The van der Waals surface area contributed by atoms with E-state index < -0.39 is 0 Å². The van der Waals surface area contributed by atoms with E-state index in [1.165, 1.54) is 55.3 Å². The van der Waals surface area contributed by atoms with E-state index in [0.717, 1.165) is 45.0 Å². The van der Waals surface area contributed by atoms with Crippen molar-refractivity contribution in [2.75, 3.05) is 0 Å². The zero-order valence-corrected chi connectivity index (χ0v) is 30.9. The summed E-state index contributed by atoms with van der Waals surface area (Å²) in [6.45, 7) is 4.65. The summed E-state index contributed by atoms with van der Waals surface area (Å²) < 4.78 is 0. The Morgan fingerprint density at radius 2 is 0.764 bits per heavy atom. The van der Waals surface area contributed by atoms with E-state index >= 15 is 0 Å². The molecule has 9 aromatic rings. The minimum absolute atomic E-state index is 0.314. The molecule has 0 N–H and O–H groups in total. The molecule has 10 rings (SSSR count). The van der Waals surface area contributed by atoms with Gasteiger partial charge in [0.25, 0.3) is 0 Å². The van der Waals surface area contributed by atoms with E-state index in [1.54, 1.807) is 0 Å². The summed E-state index contributed by atoms with van der Waals surface area (Å²) >= 11 is 0. The zero-order chi connectivity index (χ0) is 36.9. The van der Waals surface area contributed by atoms with Crippen LogP contribution in [0.3, 0.4) is 0 Å². The van der Waals surface area contributed by atoms with Gasteiger partial charge in [-0.15, -0.1) is 0 Å². The molecule has 0 fully saturated rings. The smallest absolute Gasteiger partial charge is 0.160 e. The first kappa shape index (κ1) is 32.7. The van der Waals surface area contributed by atoms with Crippen molar-refractivity contribution >= 4 is 10.8 Å². The Morgan fingerprint density at radius 1 is 0.345 bits per heavy atom. The van der Waals surface area contributed by atoms with Gasteiger partial charge in [-0.2, -0.15) is 0 Å². The minimum atomic E-state index is -0.314. The van der Waals surface area contributed by atoms with Gasteiger partial charge >= 0.3 is 0 Å². The summed E-state index contributed by atoms with van der Waals surface area (Å²) in [6, 6.07) is 69.5. The Kier molecular flexibility index (Phi) is 7.85. The summed E-state index contributed by atoms with van der Waals surface area (Å²) in [7, 11) is 0. The molecular formula is C53H38N2. The van der Waals surface area contributed by atoms with E-state index in [9.17, 15) is 0 Å². The molecule has 2 heteroatoms. The molecule has 0 amide bonds. The number of hydrogen-bond acceptors (Lipinski definition) is 2. The molecule has 0 aliphatic heterocycles. The summed E-state index contributed by atoms with van der Waals surface area (Å²) in [6.07, 6.45) is 0. The van der Waals surface area contributed by atoms with Crippen LogP contribution in [0, 0.1) is 0 Å². The number of benzene rings is 8. The molecule has 260 valence electrons. The topological polar surface area (TPSA) is 25.8 Å². The molecule has 0 unspecified atom stereocenters. The maximum Gasteiger partial charge on any atom is 0.160 e. The molecule has 0 radical (unpaired) electrons. The fraction of sp³-hybridized carbons (Fsp3) is 0.0566. The maximum absolute atomic E-state index is 5.53. The van der Waals surface area contributed by atoms with Crippen molar-refractivity contribution in [2.24, 2.45) is 0 Å². The van der Waals surface area contributed by atoms with Crippen LogP contribution in [0.2, 0.25) is 0 Å². The lowest BCUT2D eigenvalue weighted by Crippen LogP contribution is -2.17. The van der Waals surface area contributed by atoms with Crippen LogP contribution in [-0.2, 0) is 5.41 Å². The molecular weight excluding hydrogens is 665 g/mol. The van der Waals surface area contributed by atoms with E-state index in [2.05, 4.69) is 208 Å². The van der Waals surface area contributed by atoms with Gasteiger partial charge in [-0.1, -0.05) is 184 Å². The van der Waals surface area contributed by atoms with Gasteiger partial charge in [0, 0.05) is 27.7 Å². The summed E-state index contributed by atoms with van der Waals surface area (Å²) in [5.41, 5.74) is 16.8. The molecule has 0 saturated carbocycles. The van der Waals surface area contributed by atoms with E-state index in [-0.39, 0.29) is 5.41 Å². The predicted octanol–water partition coefficient (Wildman–Crippen LogP) is 13.9. The van der Waals surface area contributed by atoms with Gasteiger partial charge < -0.3 is 0 Å². The number of aromatic nitrogens is 2. The van der Waals surface area contributed by atoms with Gasteiger partial charge in [0.05, 0.1) is 11.4 Å². The van der Waals surface area contributed by atoms with E-state index in [4.69, 9.17) is 9.97 Å². The second-order valence-electron chi connectivity index (χ2n) is 15.0. The third kappa shape index (κ3) is 5.75. The molecule has 1 aromatic heterocycles. The highest BCUT2D eigenvalue weighted by Crippen LogP contribution is 2.53. The number of rotatable bonds is 6. The Hall–Kier alpha value is -6.90. The van der Waals surface area contributed by atoms with Crippen LogP contribution in [0.4, 0.5) is 0 Å². The van der Waals surface area contributed by atoms with Crippen molar-refractivity contribution in [1.29, 1.82) is 0 Å². The number of hydrogen-bond donors (Lipinski definition) is 0. The van der Waals surface area contributed by atoms with Crippen LogP contribution in [0.1, 0.15) is 25.0 Å². The molecule has 0 atom stereocenters. The summed E-state index contributed by atoms with van der Waals surface area (Å²) in [4.78, 5) is 11.0. The number of nitrogens with zero attached hydrogens (tertiary/aromatic N) is 2. The van der Waals surface area contributed by atoms with Crippen LogP contribution in [0.5, 0.6) is 0 Å². The first-order valence-corrected chi connectivity index (χ1v) is 19.0. The molecule has 1 aliphatic rings. The fourth-order valence-electron chi connectivity index (χ4n) is 8.46. The van der Waals surface area contributed by atoms with Crippen molar-refractivity contribution in [2.45, 2.75) is 19.3 Å². The highest BCUT2D eigenvalue weighted by Gasteiger charge is 2.41. The third-order valence-corrected chi connectivity index (χ3v) is 11.2. The van der Waals surface area contributed by atoms with Crippen LogP contribution in [-0.4, -0.2) is 9.97 Å². The van der Waals surface area contributed by atoms with Crippen molar-refractivity contribution in [3.8, 4) is 78.4 Å². The van der Waals surface area contributed by atoms with E-state index in [1.807, 2.05) is 0 Å². The summed E-state index contributed by atoms with van der Waals surface area (Å²) in [5.74, 6) is 0.725. The van der Waals surface area contributed by atoms with Crippen molar-refractivity contribution in [3.05, 3.63) is 205 Å². The van der Waals surface area contributed by atoms with Gasteiger partial charge in [-0.05, 0) is 85.1 Å². The third-order valence-electron chi connectivity index (χ3n) is 11.2. The van der Waals surface area contributed by atoms with Crippen molar-refractivity contribution in [3.63, 3.8) is 0 Å². The molecule has 8 aromatic carbocycles. The van der Waals surface area contributed by atoms with Crippen LogP contribution in [0.15, 0.2) is 194 Å². The lowest BCUT2D eigenvalue weighted by Gasteiger charge is -2.24. The van der Waals surface area contributed by atoms with Gasteiger partial charge in [0.15, 0.2) is 5.82 Å². The van der Waals surface area contributed by atoms with Crippen LogP contribution < -0.4 is 0 Å². The fourth-order valence-corrected chi connectivity index (χ4v) is 8.46. The van der Waals surface area contributed by atoms with Crippen molar-refractivity contribution in [1.82, 2.24) is 9.97 Å². The van der Waals surface area contributed by atoms with Crippen LogP contribution in [0.25, 0.3) is 89.2 Å². The molecule has 0 saturated heterocycles. The highest BCUT2D eigenvalue weighted by atomic mass is 14.9. The van der Waals surface area contributed by atoms with Crippen LogP contribution >= 0.6 is 0 Å². The van der Waals surface area contributed by atoms with Gasteiger partial charge in [-0.25, -0.2) is 9.97 Å². The van der Waals surface area contributed by atoms with Crippen molar-refractivity contribution < 1.29 is 0 Å². The summed E-state index contributed by atoms with van der Waals surface area (Å²) in [5, 5.41) is 2.44. The Labute approximate surface area is 322 Å². The first-order chi connectivity index (χ1) is 27.0. The SMILES string of the molecule is CC1(C)c2ccc3ccccc3c2-c2nc(-c3cccc(-c4cccc(-c5ccccc5)c4)c3)nc(-c3cccc(-c4cccc(-c5ccccc5)c4)c3)c21. The molecule has 0 spiro atoms. The first-order valence-electron chi connectivity index (χ1n) is 19.0. The Bertz CT molecular complexity index is 2890. The largest absolute Gasteiger partial charge is 0.228 e. The molecule has 2 nitrogen and oxygen atoms in total. The molecule has 0 bridgehead atoms. The average molecular weight is 703 g/mol. The standard InChI is InChI=1S/C53H38N2/c1-53(2)47-30-29-37-19-9-10-28-46(37)48(47)51-49(53)50(44-26-13-24-42(33-44)40-22-11-20-38(31-40)35-15-5-3-6-16-35)54-52(55-51)45-27-14-25-43(34-45)41-23-12-21-39(32-41)36-17-7-4-8-18-36/h3-34H,1-2H3. The average Bonchev–Trinajstić information content (AvgIpc) is 3.50. The maximum atomic E-state index is 5.53. The quantitative estimate of drug-likeness (QED) is 0.172. The van der Waals surface area contributed by atoms with Gasteiger partial charge in [0.2, 0.25) is 0 Å². The Balaban J connectivity index is 1.16. The molecule has 55 heavy (non-hydrogen) atoms. The predicted molar refractivity (Wildman–Crippen MR) is 230 cm³/mol. The lowest BCUT2D eigenvalue weighted by atomic mass is 9.80. The van der Waals surface area contributed by atoms with E-state index in [0.29, 0.717) is 0 Å². The zero-order valence-electron chi connectivity index (χ0n) is 30.9. The normalized spacial score (nSPS) is 12.7.